The molecule has 24 heavy (non-hydrogen) atoms. The minimum atomic E-state index is -5.94. The quantitative estimate of drug-likeness (QED) is 0.430. The summed E-state index contributed by atoms with van der Waals surface area (Å²) < 4.78 is 64.4. The van der Waals surface area contributed by atoms with Gasteiger partial charge in [0, 0.05) is 6.20 Å². The van der Waals surface area contributed by atoms with Crippen LogP contribution in [-0.4, -0.2) is 35.2 Å². The summed E-state index contributed by atoms with van der Waals surface area (Å²) in [6.45, 7) is 2.06. The predicted octanol–water partition coefficient (Wildman–Crippen LogP) is 1.25. The minimum absolute atomic E-state index is 0.163. The van der Waals surface area contributed by atoms with Crippen LogP contribution in [0.25, 0.3) is 11.0 Å². The van der Waals surface area contributed by atoms with E-state index in [9.17, 15) is 26.4 Å². The Hall–Kier alpha value is -2.37. The van der Waals surface area contributed by atoms with Crippen molar-refractivity contribution in [2.75, 3.05) is 6.61 Å². The van der Waals surface area contributed by atoms with Gasteiger partial charge in [0.05, 0.1) is 11.5 Å². The molecule has 0 spiro atoms. The Labute approximate surface area is 133 Å². The molecule has 2 rings (SSSR count). The second kappa shape index (κ2) is 6.63. The number of halogens is 3. The second-order valence-electron chi connectivity index (χ2n) is 4.57. The fourth-order valence-electron chi connectivity index (χ4n) is 1.67. The van der Waals surface area contributed by atoms with Crippen LogP contribution in [0.2, 0.25) is 0 Å². The van der Waals surface area contributed by atoms with Gasteiger partial charge in [-0.3, -0.25) is 4.79 Å². The molecule has 0 saturated carbocycles. The third-order valence-electron chi connectivity index (χ3n) is 2.81. The SMILES string of the molecule is CCCCOn1c(=O)cc(OS(=O)(=O)C(F)(F)F)c2cncnc21. The lowest BCUT2D eigenvalue weighted by Gasteiger charge is -2.14. The maximum absolute atomic E-state index is 12.5. The first-order valence-electron chi connectivity index (χ1n) is 6.67. The number of hydrogen-bond acceptors (Lipinski definition) is 7. The lowest BCUT2D eigenvalue weighted by molar-refractivity contribution is -0.0499. The highest BCUT2D eigenvalue weighted by Gasteiger charge is 2.48. The lowest BCUT2D eigenvalue weighted by Crippen LogP contribution is -2.31. The van der Waals surface area contributed by atoms with Gasteiger partial charge in [-0.15, -0.1) is 4.73 Å². The van der Waals surface area contributed by atoms with Gasteiger partial charge in [0.2, 0.25) is 0 Å². The summed E-state index contributed by atoms with van der Waals surface area (Å²) in [5.41, 5.74) is -6.77. The van der Waals surface area contributed by atoms with E-state index in [0.29, 0.717) is 12.5 Å². The van der Waals surface area contributed by atoms with Crippen LogP contribution in [0.1, 0.15) is 19.8 Å². The molecule has 2 heterocycles. The molecule has 0 amide bonds. The van der Waals surface area contributed by atoms with Crippen molar-refractivity contribution in [1.82, 2.24) is 14.7 Å². The Balaban J connectivity index is 2.55. The average Bonchev–Trinajstić information content (AvgIpc) is 2.49. The summed E-state index contributed by atoms with van der Waals surface area (Å²) in [4.78, 5) is 24.6. The first kappa shape index (κ1) is 18.0. The first-order valence-corrected chi connectivity index (χ1v) is 8.08. The van der Waals surface area contributed by atoms with Crippen molar-refractivity contribution in [3.63, 3.8) is 0 Å². The van der Waals surface area contributed by atoms with Crippen LogP contribution in [0.3, 0.4) is 0 Å². The van der Waals surface area contributed by atoms with Gasteiger partial charge in [-0.2, -0.15) is 21.6 Å². The van der Waals surface area contributed by atoms with Crippen molar-refractivity contribution >= 4 is 21.2 Å². The van der Waals surface area contributed by atoms with Crippen molar-refractivity contribution in [2.24, 2.45) is 0 Å². The highest BCUT2D eigenvalue weighted by molar-refractivity contribution is 7.88. The summed E-state index contributed by atoms with van der Waals surface area (Å²) in [5, 5.41) is -0.221. The molecule has 0 aliphatic rings. The van der Waals surface area contributed by atoms with Crippen molar-refractivity contribution in [1.29, 1.82) is 0 Å². The molecule has 0 aromatic carbocycles. The van der Waals surface area contributed by atoms with Gasteiger partial charge in [-0.1, -0.05) is 13.3 Å². The summed E-state index contributed by atoms with van der Waals surface area (Å²) >= 11 is 0. The fraction of sp³-hybridized carbons (Fsp3) is 0.417. The Kier molecular flexibility index (Phi) is 4.96. The molecular weight excluding hydrogens is 355 g/mol. The topological polar surface area (TPSA) is 100 Å². The molecule has 2 aromatic heterocycles. The molecular formula is C12H12F3N3O5S. The zero-order valence-electron chi connectivity index (χ0n) is 12.3. The summed E-state index contributed by atoms with van der Waals surface area (Å²) in [5.74, 6) is -0.830. The third-order valence-corrected chi connectivity index (χ3v) is 3.77. The number of pyridine rings is 1. The highest BCUT2D eigenvalue weighted by Crippen LogP contribution is 2.29. The van der Waals surface area contributed by atoms with E-state index in [4.69, 9.17) is 4.84 Å². The van der Waals surface area contributed by atoms with Gasteiger partial charge in [0.1, 0.15) is 12.9 Å². The van der Waals surface area contributed by atoms with Gasteiger partial charge in [-0.25, -0.2) is 9.97 Å². The number of unbranched alkanes of at least 4 members (excludes halogenated alkanes) is 1. The van der Waals surface area contributed by atoms with E-state index in [-0.39, 0.29) is 17.6 Å². The Morgan fingerprint density at radius 3 is 2.67 bits per heavy atom. The van der Waals surface area contributed by atoms with Crippen molar-refractivity contribution in [2.45, 2.75) is 25.3 Å². The van der Waals surface area contributed by atoms with Gasteiger partial charge in [0.25, 0.3) is 5.56 Å². The molecule has 0 unspecified atom stereocenters. The van der Waals surface area contributed by atoms with E-state index >= 15 is 0 Å². The van der Waals surface area contributed by atoms with E-state index in [2.05, 4.69) is 14.2 Å². The summed E-state index contributed by atoms with van der Waals surface area (Å²) in [6.07, 6.45) is 3.46. The molecule has 0 fully saturated rings. The van der Waals surface area contributed by atoms with Gasteiger partial charge >= 0.3 is 15.6 Å². The van der Waals surface area contributed by atoms with Crippen LogP contribution in [0.5, 0.6) is 5.75 Å². The van der Waals surface area contributed by atoms with Gasteiger partial charge < -0.3 is 9.02 Å². The molecule has 12 heteroatoms. The molecule has 0 N–H and O–H groups in total. The van der Waals surface area contributed by atoms with Crippen LogP contribution in [0, 0.1) is 0 Å². The Morgan fingerprint density at radius 1 is 1.33 bits per heavy atom. The molecule has 2 aromatic rings. The smallest absolute Gasteiger partial charge is 0.409 e. The summed E-state index contributed by atoms with van der Waals surface area (Å²) in [6, 6.07) is 0.570. The number of rotatable bonds is 6. The minimum Gasteiger partial charge on any atom is -0.409 e. The Bertz CT molecular complexity index is 895. The normalized spacial score (nSPS) is 12.3. The molecule has 132 valence electrons. The average molecular weight is 367 g/mol. The van der Waals surface area contributed by atoms with Gasteiger partial charge in [-0.05, 0) is 6.42 Å². The monoisotopic (exact) mass is 367 g/mol. The molecule has 0 bridgehead atoms. The van der Waals surface area contributed by atoms with Crippen molar-refractivity contribution < 1.29 is 30.6 Å². The zero-order chi connectivity index (χ0) is 18.0. The first-order chi connectivity index (χ1) is 11.2. The van der Waals surface area contributed by atoms with Crippen LogP contribution >= 0.6 is 0 Å². The largest absolute Gasteiger partial charge is 0.534 e. The predicted molar refractivity (Wildman–Crippen MR) is 75.8 cm³/mol. The molecule has 0 aliphatic heterocycles. The van der Waals surface area contributed by atoms with Crippen LogP contribution < -0.4 is 14.6 Å². The molecule has 8 nitrogen and oxygen atoms in total. The van der Waals surface area contributed by atoms with Crippen LogP contribution in [0.15, 0.2) is 23.4 Å². The standard InChI is InChI=1S/C12H12F3N3O5S/c1-2-3-4-22-18-10(19)5-9(8-6-16-7-17-11(8)18)23-24(20,21)12(13,14)15/h5-7H,2-4H2,1H3. The van der Waals surface area contributed by atoms with Crippen LogP contribution in [0.4, 0.5) is 13.2 Å². The maximum atomic E-state index is 12.5. The Morgan fingerprint density at radius 2 is 2.04 bits per heavy atom. The molecule has 0 aliphatic carbocycles. The van der Waals surface area contributed by atoms with Crippen LogP contribution in [-0.2, 0) is 10.1 Å². The van der Waals surface area contributed by atoms with E-state index in [1.807, 2.05) is 6.92 Å². The number of fused-ring (bicyclic) bond motifs is 1. The van der Waals surface area contributed by atoms with Crippen molar-refractivity contribution in [3.8, 4) is 5.75 Å². The van der Waals surface area contributed by atoms with E-state index in [0.717, 1.165) is 23.7 Å². The van der Waals surface area contributed by atoms with Crippen molar-refractivity contribution in [3.05, 3.63) is 28.9 Å². The highest BCUT2D eigenvalue weighted by atomic mass is 32.2. The summed E-state index contributed by atoms with van der Waals surface area (Å²) in [7, 11) is -5.94. The second-order valence-corrected chi connectivity index (χ2v) is 6.11. The molecule has 0 atom stereocenters. The fourth-order valence-corrected chi connectivity index (χ4v) is 2.14. The van der Waals surface area contributed by atoms with E-state index in [1.54, 1.807) is 0 Å². The van der Waals surface area contributed by atoms with E-state index < -0.39 is 26.9 Å². The zero-order valence-corrected chi connectivity index (χ0v) is 13.1. The number of alkyl halides is 3. The molecule has 0 radical (unpaired) electrons. The number of nitrogens with zero attached hydrogens (tertiary/aromatic N) is 3. The van der Waals surface area contributed by atoms with E-state index in [1.165, 1.54) is 0 Å². The third kappa shape index (κ3) is 3.58. The molecule has 0 saturated heterocycles. The lowest BCUT2D eigenvalue weighted by atomic mass is 10.3. The van der Waals surface area contributed by atoms with Gasteiger partial charge in [0.15, 0.2) is 11.4 Å². The number of hydrogen-bond donors (Lipinski definition) is 0. The maximum Gasteiger partial charge on any atom is 0.534 e. The number of aromatic nitrogens is 3.